The van der Waals surface area contributed by atoms with E-state index in [4.69, 9.17) is 26.3 Å². The molecule has 15 heavy (non-hydrogen) atoms. The van der Waals surface area contributed by atoms with Gasteiger partial charge in [0.15, 0.2) is 16.7 Å². The van der Waals surface area contributed by atoms with Crippen LogP contribution >= 0.6 is 11.6 Å². The normalized spacial score (nSPS) is 11.3. The van der Waals surface area contributed by atoms with E-state index in [2.05, 4.69) is 5.16 Å². The van der Waals surface area contributed by atoms with Crippen LogP contribution in [0.1, 0.15) is 12.5 Å². The van der Waals surface area contributed by atoms with Gasteiger partial charge in [0, 0.05) is 5.56 Å². The maximum atomic E-state index is 8.52. The number of nitrogens with zero attached hydrogens (tertiary/aromatic N) is 1. The first-order chi connectivity index (χ1) is 7.22. The zero-order valence-corrected chi connectivity index (χ0v) is 9.28. The van der Waals surface area contributed by atoms with Gasteiger partial charge < -0.3 is 14.7 Å². The van der Waals surface area contributed by atoms with Crippen molar-refractivity contribution in [2.75, 3.05) is 13.7 Å². The summed E-state index contributed by atoms with van der Waals surface area (Å²) in [5.74, 6) is 1.18. The van der Waals surface area contributed by atoms with Gasteiger partial charge in [-0.3, -0.25) is 0 Å². The number of hydrogen-bond donors (Lipinski definition) is 1. The SMILES string of the molecule is CCOc1cc(C(Cl)=NO)ccc1OC. The number of ether oxygens (including phenoxy) is 2. The van der Waals surface area contributed by atoms with E-state index in [1.807, 2.05) is 6.92 Å². The van der Waals surface area contributed by atoms with Gasteiger partial charge in [0.05, 0.1) is 13.7 Å². The predicted octanol–water partition coefficient (Wildman–Crippen LogP) is 2.47. The van der Waals surface area contributed by atoms with Crippen molar-refractivity contribution >= 4 is 16.8 Å². The Labute approximate surface area is 93.1 Å². The molecule has 0 bridgehead atoms. The Kier molecular flexibility index (Phi) is 4.24. The zero-order valence-electron chi connectivity index (χ0n) is 8.53. The van der Waals surface area contributed by atoms with Crippen LogP contribution in [0.25, 0.3) is 0 Å². The second-order valence-corrected chi connectivity index (χ2v) is 3.05. The van der Waals surface area contributed by atoms with Crippen LogP contribution in [0.5, 0.6) is 11.5 Å². The Morgan fingerprint density at radius 1 is 1.47 bits per heavy atom. The number of benzene rings is 1. The molecule has 0 aliphatic heterocycles. The molecule has 0 atom stereocenters. The Balaban J connectivity index is 3.09. The van der Waals surface area contributed by atoms with E-state index in [9.17, 15) is 0 Å². The van der Waals surface area contributed by atoms with Crippen molar-refractivity contribution in [3.05, 3.63) is 23.8 Å². The highest BCUT2D eigenvalue weighted by atomic mass is 35.5. The van der Waals surface area contributed by atoms with Gasteiger partial charge >= 0.3 is 0 Å². The third-order valence-electron chi connectivity index (χ3n) is 1.79. The molecule has 82 valence electrons. The van der Waals surface area contributed by atoms with Gasteiger partial charge in [0.2, 0.25) is 0 Å². The average Bonchev–Trinajstić information content (AvgIpc) is 2.28. The quantitative estimate of drug-likeness (QED) is 0.490. The van der Waals surface area contributed by atoms with Crippen molar-refractivity contribution in [1.29, 1.82) is 0 Å². The molecule has 0 saturated heterocycles. The minimum absolute atomic E-state index is 0.0126. The fourth-order valence-electron chi connectivity index (χ4n) is 1.13. The Morgan fingerprint density at radius 3 is 2.73 bits per heavy atom. The maximum Gasteiger partial charge on any atom is 0.175 e. The lowest BCUT2D eigenvalue weighted by atomic mass is 10.2. The molecule has 0 saturated carbocycles. The molecule has 1 rings (SSSR count). The van der Waals surface area contributed by atoms with Crippen LogP contribution in [0.2, 0.25) is 0 Å². The van der Waals surface area contributed by atoms with Gasteiger partial charge in [-0.1, -0.05) is 16.8 Å². The molecular formula is C10H12ClNO3. The lowest BCUT2D eigenvalue weighted by Gasteiger charge is -2.09. The van der Waals surface area contributed by atoms with Crippen LogP contribution in [0.4, 0.5) is 0 Å². The Bertz CT molecular complexity index is 366. The molecule has 5 heteroatoms. The fraction of sp³-hybridized carbons (Fsp3) is 0.300. The van der Waals surface area contributed by atoms with E-state index in [1.54, 1.807) is 25.3 Å². The summed E-state index contributed by atoms with van der Waals surface area (Å²) >= 11 is 5.66. The van der Waals surface area contributed by atoms with Crippen molar-refractivity contribution in [2.24, 2.45) is 5.16 Å². The molecule has 0 aromatic heterocycles. The molecule has 0 aliphatic carbocycles. The number of rotatable bonds is 4. The van der Waals surface area contributed by atoms with Gasteiger partial charge in [-0.05, 0) is 25.1 Å². The molecule has 1 aromatic rings. The summed E-state index contributed by atoms with van der Waals surface area (Å²) in [6.07, 6.45) is 0. The summed E-state index contributed by atoms with van der Waals surface area (Å²) in [6, 6.07) is 5.04. The summed E-state index contributed by atoms with van der Waals surface area (Å²) in [7, 11) is 1.55. The highest BCUT2D eigenvalue weighted by Crippen LogP contribution is 2.28. The van der Waals surface area contributed by atoms with Crippen LogP contribution in [-0.4, -0.2) is 24.1 Å². The summed E-state index contributed by atoms with van der Waals surface area (Å²) in [5, 5.41) is 11.4. The molecular weight excluding hydrogens is 218 g/mol. The van der Waals surface area contributed by atoms with Crippen LogP contribution in [0.15, 0.2) is 23.4 Å². The Morgan fingerprint density at radius 2 is 2.20 bits per heavy atom. The first-order valence-corrected chi connectivity index (χ1v) is 4.79. The maximum absolute atomic E-state index is 8.52. The van der Waals surface area contributed by atoms with Crippen molar-refractivity contribution in [3.8, 4) is 11.5 Å². The van der Waals surface area contributed by atoms with E-state index in [1.165, 1.54) is 0 Å². The van der Waals surface area contributed by atoms with E-state index in [-0.39, 0.29) is 5.17 Å². The van der Waals surface area contributed by atoms with Crippen molar-refractivity contribution < 1.29 is 14.7 Å². The van der Waals surface area contributed by atoms with Gasteiger partial charge in [-0.2, -0.15) is 0 Å². The first kappa shape index (κ1) is 11.7. The van der Waals surface area contributed by atoms with Gasteiger partial charge in [-0.25, -0.2) is 0 Å². The van der Waals surface area contributed by atoms with E-state index >= 15 is 0 Å². The lowest BCUT2D eigenvalue weighted by Crippen LogP contribution is -1.98. The van der Waals surface area contributed by atoms with E-state index < -0.39 is 0 Å². The molecule has 1 N–H and O–H groups in total. The fourth-order valence-corrected chi connectivity index (χ4v) is 1.25. The summed E-state index contributed by atoms with van der Waals surface area (Å²) in [6.45, 7) is 2.39. The molecule has 0 heterocycles. The average molecular weight is 230 g/mol. The molecule has 0 unspecified atom stereocenters. The van der Waals surface area contributed by atoms with Crippen molar-refractivity contribution in [1.82, 2.24) is 0 Å². The summed E-state index contributed by atoms with van der Waals surface area (Å²) in [4.78, 5) is 0. The molecule has 0 fully saturated rings. The van der Waals surface area contributed by atoms with Crippen molar-refractivity contribution in [3.63, 3.8) is 0 Å². The largest absolute Gasteiger partial charge is 0.493 e. The predicted molar refractivity (Wildman–Crippen MR) is 58.3 cm³/mol. The van der Waals surface area contributed by atoms with Crippen LogP contribution in [-0.2, 0) is 0 Å². The molecule has 0 aliphatic rings. The van der Waals surface area contributed by atoms with Gasteiger partial charge in [-0.15, -0.1) is 0 Å². The highest BCUT2D eigenvalue weighted by molar-refractivity contribution is 6.69. The molecule has 0 radical (unpaired) electrons. The second kappa shape index (κ2) is 5.46. The standard InChI is InChI=1S/C10H12ClNO3/c1-3-15-9-6-7(10(11)12-13)4-5-8(9)14-2/h4-6,13H,3H2,1-2H3. The smallest absolute Gasteiger partial charge is 0.175 e. The van der Waals surface area contributed by atoms with Gasteiger partial charge in [0.25, 0.3) is 0 Å². The van der Waals surface area contributed by atoms with E-state index in [0.29, 0.717) is 23.7 Å². The van der Waals surface area contributed by atoms with E-state index in [0.717, 1.165) is 0 Å². The zero-order chi connectivity index (χ0) is 11.3. The molecule has 0 spiro atoms. The van der Waals surface area contributed by atoms with Gasteiger partial charge in [0.1, 0.15) is 0 Å². The molecule has 1 aromatic carbocycles. The van der Waals surface area contributed by atoms with Crippen molar-refractivity contribution in [2.45, 2.75) is 6.92 Å². The third kappa shape index (κ3) is 2.76. The number of halogens is 1. The monoisotopic (exact) mass is 229 g/mol. The lowest BCUT2D eigenvalue weighted by molar-refractivity contribution is 0.310. The third-order valence-corrected chi connectivity index (χ3v) is 2.08. The highest BCUT2D eigenvalue weighted by Gasteiger charge is 2.08. The summed E-state index contributed by atoms with van der Waals surface area (Å²) in [5.41, 5.74) is 0.573. The number of hydrogen-bond acceptors (Lipinski definition) is 4. The van der Waals surface area contributed by atoms with Crippen LogP contribution in [0, 0.1) is 0 Å². The number of oxime groups is 1. The minimum atomic E-state index is 0.0126. The first-order valence-electron chi connectivity index (χ1n) is 4.41. The molecule has 0 amide bonds. The van der Waals surface area contributed by atoms with Crippen LogP contribution < -0.4 is 9.47 Å². The topological polar surface area (TPSA) is 51.0 Å². The molecule has 4 nitrogen and oxygen atoms in total. The Hall–Kier alpha value is -1.42. The second-order valence-electron chi connectivity index (χ2n) is 2.69. The minimum Gasteiger partial charge on any atom is -0.493 e. The summed E-state index contributed by atoms with van der Waals surface area (Å²) < 4.78 is 10.4. The number of methoxy groups -OCH3 is 1. The van der Waals surface area contributed by atoms with Crippen LogP contribution in [0.3, 0.4) is 0 Å².